The van der Waals surface area contributed by atoms with Gasteiger partial charge in [-0.15, -0.1) is 0 Å². The lowest BCUT2D eigenvalue weighted by Crippen LogP contribution is -2.13. The molecule has 4 rings (SSSR count). The number of rotatable bonds is 7. The molecule has 0 bridgehead atoms. The first kappa shape index (κ1) is 23.1. The Morgan fingerprint density at radius 1 is 1.32 bits per heavy atom. The van der Waals surface area contributed by atoms with E-state index in [1.54, 1.807) is 34.8 Å². The van der Waals surface area contributed by atoms with Gasteiger partial charge in [0.2, 0.25) is 5.75 Å². The molecule has 0 aliphatic carbocycles. The van der Waals surface area contributed by atoms with Crippen molar-refractivity contribution in [3.05, 3.63) is 92.1 Å². The average Bonchev–Trinajstić information content (AvgIpc) is 3.39. The van der Waals surface area contributed by atoms with Crippen LogP contribution in [0.2, 0.25) is 0 Å². The number of nitro groups is 1. The summed E-state index contributed by atoms with van der Waals surface area (Å²) in [7, 11) is 0. The van der Waals surface area contributed by atoms with E-state index in [9.17, 15) is 14.5 Å². The number of nitriles is 1. The van der Waals surface area contributed by atoms with E-state index in [0.29, 0.717) is 22.3 Å². The minimum atomic E-state index is -0.781. The third-order valence-electron chi connectivity index (χ3n) is 4.93. The molecular weight excluding hydrogens is 509 g/mol. The Kier molecular flexibility index (Phi) is 6.38. The molecule has 1 atom stereocenters. The molecule has 0 aliphatic rings. The lowest BCUT2D eigenvalue weighted by Gasteiger charge is -2.19. The van der Waals surface area contributed by atoms with Crippen molar-refractivity contribution in [1.82, 2.24) is 24.3 Å². The zero-order chi connectivity index (χ0) is 24.4. The molecule has 172 valence electrons. The molecule has 0 spiro atoms. The predicted molar refractivity (Wildman–Crippen MR) is 122 cm³/mol. The fourth-order valence-corrected chi connectivity index (χ4v) is 3.81. The Hall–Kier alpha value is -4.11. The molecule has 34 heavy (non-hydrogen) atoms. The minimum Gasteiger partial charge on any atom is -0.478 e. The number of imidazole rings is 1. The molecule has 0 fully saturated rings. The second-order valence-electron chi connectivity index (χ2n) is 7.43. The van der Waals surface area contributed by atoms with Gasteiger partial charge in [-0.2, -0.15) is 10.4 Å². The zero-order valence-electron chi connectivity index (χ0n) is 18.0. The lowest BCUT2D eigenvalue weighted by atomic mass is 10.1. The average molecular weight is 526 g/mol. The molecule has 4 aromatic rings. The van der Waals surface area contributed by atoms with Crippen molar-refractivity contribution >= 4 is 21.7 Å². The molecule has 10 nitrogen and oxygen atoms in total. The smallest absolute Gasteiger partial charge is 0.406 e. The van der Waals surface area contributed by atoms with Gasteiger partial charge in [-0.25, -0.2) is 14.1 Å². The monoisotopic (exact) mass is 525 g/mol. The van der Waals surface area contributed by atoms with Crippen LogP contribution in [0.25, 0.3) is 5.69 Å². The summed E-state index contributed by atoms with van der Waals surface area (Å²) in [5.74, 6) is -0.992. The summed E-state index contributed by atoms with van der Waals surface area (Å²) in [5.41, 5.74) is 2.75. The highest BCUT2D eigenvalue weighted by atomic mass is 79.9. The molecule has 0 saturated carbocycles. The largest absolute Gasteiger partial charge is 0.478 e. The summed E-state index contributed by atoms with van der Waals surface area (Å²) in [6, 6.07) is 9.48. The van der Waals surface area contributed by atoms with Crippen LogP contribution in [0.15, 0.2) is 53.5 Å². The number of halogens is 2. The fraction of sp³-hybridized carbons (Fsp3) is 0.182. The number of pyridine rings is 1. The number of aryl methyl sites for hydroxylation is 1. The number of benzene rings is 1. The summed E-state index contributed by atoms with van der Waals surface area (Å²) in [6.45, 7) is 3.85. The molecule has 0 amide bonds. The maximum atomic E-state index is 14.3. The normalized spacial score (nSPS) is 11.7. The summed E-state index contributed by atoms with van der Waals surface area (Å²) < 4.78 is 24.1. The van der Waals surface area contributed by atoms with E-state index in [0.717, 1.165) is 11.4 Å². The van der Waals surface area contributed by atoms with Crippen molar-refractivity contribution in [3.8, 4) is 17.5 Å². The third kappa shape index (κ3) is 4.79. The highest BCUT2D eigenvalue weighted by molar-refractivity contribution is 9.10. The molecule has 0 aliphatic heterocycles. The van der Waals surface area contributed by atoms with Gasteiger partial charge in [0.15, 0.2) is 11.9 Å². The molecule has 3 aromatic heterocycles. The predicted octanol–water partition coefficient (Wildman–Crippen LogP) is 4.64. The van der Waals surface area contributed by atoms with Crippen molar-refractivity contribution in [3.63, 3.8) is 0 Å². The molecule has 0 N–H and O–H groups in total. The Labute approximate surface area is 201 Å². The van der Waals surface area contributed by atoms with Gasteiger partial charge in [-0.1, -0.05) is 0 Å². The van der Waals surface area contributed by atoms with Gasteiger partial charge in [0.05, 0.1) is 34.4 Å². The number of hydrogen-bond acceptors (Lipinski definition) is 7. The van der Waals surface area contributed by atoms with Gasteiger partial charge in [0.1, 0.15) is 18.0 Å². The summed E-state index contributed by atoms with van der Waals surface area (Å²) in [4.78, 5) is 18.6. The second kappa shape index (κ2) is 9.40. The minimum absolute atomic E-state index is 0.0543. The number of hydrogen-bond donors (Lipinski definition) is 0. The number of aromatic nitrogens is 5. The van der Waals surface area contributed by atoms with E-state index in [1.807, 2.05) is 19.1 Å². The second-order valence-corrected chi connectivity index (χ2v) is 8.34. The van der Waals surface area contributed by atoms with E-state index >= 15 is 0 Å². The van der Waals surface area contributed by atoms with Gasteiger partial charge in [0, 0.05) is 17.8 Å². The first-order valence-electron chi connectivity index (χ1n) is 9.99. The lowest BCUT2D eigenvalue weighted by molar-refractivity contribution is -0.390. The molecular formula is C22H17BrFN7O3. The van der Waals surface area contributed by atoms with Crippen LogP contribution in [0, 0.1) is 34.2 Å². The Morgan fingerprint density at radius 3 is 2.82 bits per heavy atom. The topological polar surface area (TPSA) is 125 Å². The van der Waals surface area contributed by atoms with Crippen LogP contribution < -0.4 is 4.74 Å². The van der Waals surface area contributed by atoms with Crippen molar-refractivity contribution in [2.24, 2.45) is 0 Å². The molecule has 0 radical (unpaired) electrons. The third-order valence-corrected chi connectivity index (χ3v) is 5.36. The van der Waals surface area contributed by atoms with Crippen LogP contribution in [-0.2, 0) is 6.54 Å². The quantitative estimate of drug-likeness (QED) is 0.254. The first-order chi connectivity index (χ1) is 16.2. The van der Waals surface area contributed by atoms with Crippen LogP contribution >= 0.6 is 15.9 Å². The maximum Gasteiger partial charge on any atom is 0.406 e. The number of ether oxygens (including phenoxy) is 1. The van der Waals surface area contributed by atoms with Crippen molar-refractivity contribution in [1.29, 1.82) is 5.26 Å². The SMILES string of the molecule is Cc1cc(Cn2cnc(C#N)c2)n(-c2ccc(F)cc2C(C)Oc2cc(Br)cnc2[N+](=O)[O-])n1. The summed E-state index contributed by atoms with van der Waals surface area (Å²) >= 11 is 3.24. The maximum absolute atomic E-state index is 14.3. The molecule has 1 unspecified atom stereocenters. The van der Waals surface area contributed by atoms with Crippen LogP contribution in [0.3, 0.4) is 0 Å². The van der Waals surface area contributed by atoms with Crippen molar-refractivity contribution < 1.29 is 14.1 Å². The van der Waals surface area contributed by atoms with Gasteiger partial charge < -0.3 is 19.4 Å². The fourth-order valence-electron chi connectivity index (χ4n) is 3.50. The van der Waals surface area contributed by atoms with Crippen molar-refractivity contribution in [2.45, 2.75) is 26.5 Å². The van der Waals surface area contributed by atoms with E-state index in [4.69, 9.17) is 10.00 Å². The first-order valence-corrected chi connectivity index (χ1v) is 10.8. The van der Waals surface area contributed by atoms with Gasteiger partial charge in [-0.05, 0) is 64.0 Å². The highest BCUT2D eigenvalue weighted by Gasteiger charge is 2.23. The van der Waals surface area contributed by atoms with Crippen LogP contribution in [0.1, 0.15) is 35.7 Å². The van der Waals surface area contributed by atoms with Crippen LogP contribution in [0.4, 0.5) is 10.2 Å². The molecule has 1 aromatic carbocycles. The molecule has 0 saturated heterocycles. The zero-order valence-corrected chi connectivity index (χ0v) is 19.6. The Balaban J connectivity index is 1.74. The van der Waals surface area contributed by atoms with E-state index < -0.39 is 22.7 Å². The van der Waals surface area contributed by atoms with E-state index in [-0.39, 0.29) is 11.4 Å². The van der Waals surface area contributed by atoms with E-state index in [1.165, 1.54) is 24.4 Å². The van der Waals surface area contributed by atoms with Crippen molar-refractivity contribution in [2.75, 3.05) is 0 Å². The summed E-state index contributed by atoms with van der Waals surface area (Å²) in [6.07, 6.45) is 3.68. The Bertz CT molecular complexity index is 1430. The Morgan fingerprint density at radius 2 is 2.12 bits per heavy atom. The molecule has 3 heterocycles. The van der Waals surface area contributed by atoms with Gasteiger partial charge in [0.25, 0.3) is 0 Å². The van der Waals surface area contributed by atoms with Gasteiger partial charge >= 0.3 is 5.82 Å². The summed E-state index contributed by atoms with van der Waals surface area (Å²) in [5, 5.41) is 25.0. The van der Waals surface area contributed by atoms with Crippen LogP contribution in [-0.4, -0.2) is 29.2 Å². The standard InChI is InChI=1S/C22H17BrFN7O3/c1-13-5-18(11-29-10-17(8-25)27-12-29)30(28-13)20-4-3-16(24)7-19(20)14(2)34-21-6-15(23)9-26-22(21)31(32)33/h3-7,9-10,12,14H,11H2,1-2H3. The highest BCUT2D eigenvalue weighted by Crippen LogP contribution is 2.33. The molecule has 12 heteroatoms. The van der Waals surface area contributed by atoms with E-state index in [2.05, 4.69) is 31.0 Å². The van der Waals surface area contributed by atoms with Gasteiger partial charge in [-0.3, -0.25) is 0 Å². The van der Waals surface area contributed by atoms with Crippen LogP contribution in [0.5, 0.6) is 5.75 Å². The number of nitrogens with zero attached hydrogens (tertiary/aromatic N) is 7.